The van der Waals surface area contributed by atoms with Crippen LogP contribution in [-0.4, -0.2) is 48.7 Å². The molecule has 1 aromatic heterocycles. The molecule has 1 fully saturated rings. The zero-order chi connectivity index (χ0) is 15.6. The lowest BCUT2D eigenvalue weighted by Crippen LogP contribution is -2.40. The van der Waals surface area contributed by atoms with Crippen LogP contribution in [0.3, 0.4) is 0 Å². The van der Waals surface area contributed by atoms with Crippen LogP contribution in [0.15, 0.2) is 47.6 Å². The van der Waals surface area contributed by atoms with Gasteiger partial charge in [0.15, 0.2) is 0 Å². The van der Waals surface area contributed by atoms with Gasteiger partial charge in [0, 0.05) is 19.1 Å². The van der Waals surface area contributed by atoms with Crippen LogP contribution in [0.5, 0.6) is 0 Å². The van der Waals surface area contributed by atoms with Crippen molar-refractivity contribution < 1.29 is 8.42 Å². The van der Waals surface area contributed by atoms with E-state index in [0.717, 1.165) is 18.5 Å². The molecule has 2 aromatic rings. The lowest BCUT2D eigenvalue weighted by molar-refractivity contribution is 0.379. The van der Waals surface area contributed by atoms with Gasteiger partial charge in [-0.3, -0.25) is 0 Å². The summed E-state index contributed by atoms with van der Waals surface area (Å²) in [6.45, 7) is 1.25. The molecule has 2 heterocycles. The van der Waals surface area contributed by atoms with E-state index in [9.17, 15) is 8.42 Å². The largest absolute Gasteiger partial charge is 0.318 e. The van der Waals surface area contributed by atoms with E-state index in [1.165, 1.54) is 6.20 Å². The highest BCUT2D eigenvalue weighted by Gasteiger charge is 2.35. The number of halogens is 1. The molecule has 23 heavy (non-hydrogen) atoms. The maximum atomic E-state index is 12.8. The van der Waals surface area contributed by atoms with E-state index >= 15 is 0 Å². The molecule has 1 unspecified atom stereocenters. The second-order valence-corrected chi connectivity index (χ2v) is 7.32. The van der Waals surface area contributed by atoms with Gasteiger partial charge in [-0.05, 0) is 32.0 Å². The topological polar surface area (TPSA) is 67.2 Å². The van der Waals surface area contributed by atoms with Crippen molar-refractivity contribution in [2.45, 2.75) is 23.8 Å². The fraction of sp³-hybridized carbons (Fsp3) is 0.400. The summed E-state index contributed by atoms with van der Waals surface area (Å²) in [4.78, 5) is 0.249. The molecule has 6 nitrogen and oxygen atoms in total. The van der Waals surface area contributed by atoms with Crippen molar-refractivity contribution in [2.75, 3.05) is 20.1 Å². The Kier molecular flexibility index (Phi) is 5.80. The Morgan fingerprint density at radius 3 is 2.74 bits per heavy atom. The van der Waals surface area contributed by atoms with E-state index in [1.54, 1.807) is 15.2 Å². The maximum Gasteiger partial charge on any atom is 0.246 e. The first-order valence-electron chi connectivity index (χ1n) is 7.39. The van der Waals surface area contributed by atoms with E-state index in [-0.39, 0.29) is 23.3 Å². The number of hydrogen-bond acceptors (Lipinski definition) is 4. The van der Waals surface area contributed by atoms with E-state index in [1.807, 2.05) is 37.4 Å². The molecule has 0 radical (unpaired) electrons. The monoisotopic (exact) mass is 356 g/mol. The van der Waals surface area contributed by atoms with Crippen LogP contribution in [-0.2, 0) is 10.0 Å². The molecule has 0 aliphatic carbocycles. The van der Waals surface area contributed by atoms with Gasteiger partial charge in [0.05, 0.1) is 18.1 Å². The molecular formula is C15H21ClN4O2S. The molecule has 1 aromatic carbocycles. The van der Waals surface area contributed by atoms with Gasteiger partial charge in [-0.15, -0.1) is 12.4 Å². The third-order valence-corrected chi connectivity index (χ3v) is 5.85. The standard InChI is InChI=1S/C15H20N4O2S.ClH/c1-16-10-14-8-5-9-19(14)22(20,21)15-11-17-18(12-15)13-6-3-2-4-7-13;/h2-4,6-7,11-12,14,16H,5,8-10H2,1H3;1H. The number of nitrogens with one attached hydrogen (secondary N) is 1. The molecule has 1 aliphatic heterocycles. The van der Waals surface area contributed by atoms with Crippen LogP contribution >= 0.6 is 12.4 Å². The molecule has 1 N–H and O–H groups in total. The fourth-order valence-corrected chi connectivity index (χ4v) is 4.49. The van der Waals surface area contributed by atoms with Crippen LogP contribution in [0.4, 0.5) is 0 Å². The Labute approximate surface area is 143 Å². The number of para-hydroxylation sites is 1. The minimum absolute atomic E-state index is 0. The van der Waals surface area contributed by atoms with Crippen molar-refractivity contribution in [1.82, 2.24) is 19.4 Å². The summed E-state index contributed by atoms with van der Waals surface area (Å²) < 4.78 is 28.8. The lowest BCUT2D eigenvalue weighted by atomic mass is 10.2. The zero-order valence-corrected chi connectivity index (χ0v) is 14.6. The average molecular weight is 357 g/mol. The van der Waals surface area contributed by atoms with Gasteiger partial charge in [0.2, 0.25) is 10.0 Å². The molecule has 0 spiro atoms. The molecule has 8 heteroatoms. The highest BCUT2D eigenvalue weighted by atomic mass is 35.5. The maximum absolute atomic E-state index is 12.8. The summed E-state index contributed by atoms with van der Waals surface area (Å²) in [6, 6.07) is 9.52. The smallest absolute Gasteiger partial charge is 0.246 e. The van der Waals surface area contributed by atoms with E-state index < -0.39 is 10.0 Å². The Bertz CT molecular complexity index is 733. The van der Waals surface area contributed by atoms with Crippen molar-refractivity contribution in [3.63, 3.8) is 0 Å². The van der Waals surface area contributed by atoms with Gasteiger partial charge in [-0.1, -0.05) is 18.2 Å². The van der Waals surface area contributed by atoms with Crippen LogP contribution < -0.4 is 5.32 Å². The van der Waals surface area contributed by atoms with Crippen molar-refractivity contribution in [1.29, 1.82) is 0 Å². The molecule has 0 bridgehead atoms. The Balaban J connectivity index is 0.00000192. The number of nitrogens with zero attached hydrogens (tertiary/aromatic N) is 3. The van der Waals surface area contributed by atoms with E-state index in [0.29, 0.717) is 13.1 Å². The quantitative estimate of drug-likeness (QED) is 0.884. The molecule has 126 valence electrons. The number of aromatic nitrogens is 2. The summed E-state index contributed by atoms with van der Waals surface area (Å²) in [5, 5.41) is 7.26. The van der Waals surface area contributed by atoms with Crippen LogP contribution in [0.1, 0.15) is 12.8 Å². The lowest BCUT2D eigenvalue weighted by Gasteiger charge is -2.22. The van der Waals surface area contributed by atoms with Crippen LogP contribution in [0.25, 0.3) is 5.69 Å². The van der Waals surface area contributed by atoms with E-state index in [4.69, 9.17) is 0 Å². The van der Waals surface area contributed by atoms with Crippen LogP contribution in [0.2, 0.25) is 0 Å². The molecule has 1 aliphatic rings. The summed E-state index contributed by atoms with van der Waals surface area (Å²) in [6.07, 6.45) is 4.81. The molecular weight excluding hydrogens is 336 g/mol. The first kappa shape index (κ1) is 17.9. The minimum atomic E-state index is -3.49. The average Bonchev–Trinajstić information content (AvgIpc) is 3.18. The first-order chi connectivity index (χ1) is 10.6. The predicted octanol–water partition coefficient (Wildman–Crippen LogP) is 1.67. The highest BCUT2D eigenvalue weighted by molar-refractivity contribution is 7.89. The molecule has 0 amide bonds. The third kappa shape index (κ3) is 3.58. The summed E-state index contributed by atoms with van der Waals surface area (Å²) in [5.41, 5.74) is 0.845. The minimum Gasteiger partial charge on any atom is -0.318 e. The Morgan fingerprint density at radius 1 is 1.30 bits per heavy atom. The second kappa shape index (κ2) is 7.44. The molecule has 1 saturated heterocycles. The van der Waals surface area contributed by atoms with Gasteiger partial charge < -0.3 is 5.32 Å². The normalized spacial score (nSPS) is 18.7. The van der Waals surface area contributed by atoms with Crippen molar-refractivity contribution in [3.8, 4) is 5.69 Å². The van der Waals surface area contributed by atoms with Crippen molar-refractivity contribution >= 4 is 22.4 Å². The number of rotatable bonds is 5. The summed E-state index contributed by atoms with van der Waals surface area (Å²) in [5.74, 6) is 0. The highest BCUT2D eigenvalue weighted by Crippen LogP contribution is 2.25. The number of likely N-dealkylation sites (N-methyl/N-ethyl adjacent to an activating group) is 1. The van der Waals surface area contributed by atoms with E-state index in [2.05, 4.69) is 10.4 Å². The third-order valence-electron chi connectivity index (χ3n) is 3.95. The molecule has 1 atom stereocenters. The second-order valence-electron chi connectivity index (χ2n) is 5.43. The predicted molar refractivity (Wildman–Crippen MR) is 91.7 cm³/mol. The molecule has 0 saturated carbocycles. The molecule has 3 rings (SSSR count). The first-order valence-corrected chi connectivity index (χ1v) is 8.83. The van der Waals surface area contributed by atoms with Gasteiger partial charge >= 0.3 is 0 Å². The summed E-state index contributed by atoms with van der Waals surface area (Å²) in [7, 11) is -1.64. The number of sulfonamides is 1. The Hall–Kier alpha value is -1.41. The SMILES string of the molecule is CNCC1CCCN1S(=O)(=O)c1cnn(-c2ccccc2)c1.Cl. The zero-order valence-electron chi connectivity index (χ0n) is 12.9. The Morgan fingerprint density at radius 2 is 2.04 bits per heavy atom. The number of hydrogen-bond donors (Lipinski definition) is 1. The number of benzene rings is 1. The van der Waals surface area contributed by atoms with Gasteiger partial charge in [-0.2, -0.15) is 9.40 Å². The van der Waals surface area contributed by atoms with Crippen LogP contribution in [0, 0.1) is 0 Å². The van der Waals surface area contributed by atoms with Gasteiger partial charge in [0.1, 0.15) is 4.90 Å². The van der Waals surface area contributed by atoms with Crippen molar-refractivity contribution in [2.24, 2.45) is 0 Å². The fourth-order valence-electron chi connectivity index (χ4n) is 2.86. The van der Waals surface area contributed by atoms with Crippen molar-refractivity contribution in [3.05, 3.63) is 42.7 Å². The van der Waals surface area contributed by atoms with Gasteiger partial charge in [0.25, 0.3) is 0 Å². The van der Waals surface area contributed by atoms with Gasteiger partial charge in [-0.25, -0.2) is 13.1 Å². The summed E-state index contributed by atoms with van der Waals surface area (Å²) >= 11 is 0.